The number of nitrogens with zero attached hydrogens (tertiary/aromatic N) is 2. The minimum absolute atomic E-state index is 0.583. The van der Waals surface area contributed by atoms with Gasteiger partial charge in [-0.3, -0.25) is 0 Å². The summed E-state index contributed by atoms with van der Waals surface area (Å²) in [5.41, 5.74) is 11.3. The fourth-order valence-electron chi connectivity index (χ4n) is 2.01. The highest BCUT2D eigenvalue weighted by molar-refractivity contribution is 5.65. The molecule has 19 heavy (non-hydrogen) atoms. The van der Waals surface area contributed by atoms with E-state index in [1.165, 1.54) is 16.7 Å². The van der Waals surface area contributed by atoms with Gasteiger partial charge in [0.2, 0.25) is 0 Å². The molecule has 0 aliphatic rings. The van der Waals surface area contributed by atoms with Gasteiger partial charge in [-0.25, -0.2) is 0 Å². The van der Waals surface area contributed by atoms with E-state index < -0.39 is 0 Å². The molecule has 0 saturated heterocycles. The Kier molecular flexibility index (Phi) is 4.12. The van der Waals surface area contributed by atoms with Gasteiger partial charge >= 0.3 is 0 Å². The number of nitrogens with two attached hydrogens (primary N) is 1. The molecule has 0 radical (unpaired) electrons. The zero-order valence-electron chi connectivity index (χ0n) is 11.7. The van der Waals surface area contributed by atoms with Crippen LogP contribution in [0.2, 0.25) is 0 Å². The molecule has 4 heteroatoms. The van der Waals surface area contributed by atoms with Gasteiger partial charge in [-0.1, -0.05) is 6.07 Å². The molecule has 0 saturated carbocycles. The third kappa shape index (κ3) is 3.09. The largest absolute Gasteiger partial charge is 0.367 e. The summed E-state index contributed by atoms with van der Waals surface area (Å²) in [4.78, 5) is 0. The number of aromatic nitrogens is 2. The Bertz CT molecular complexity index is 561. The quantitative estimate of drug-likeness (QED) is 0.882. The fourth-order valence-corrected chi connectivity index (χ4v) is 2.01. The Morgan fingerprint density at radius 1 is 1.00 bits per heavy atom. The third-order valence-corrected chi connectivity index (χ3v) is 3.23. The second kappa shape index (κ2) is 5.80. The minimum atomic E-state index is 0.583. The summed E-state index contributed by atoms with van der Waals surface area (Å²) in [6.07, 6.45) is 0. The molecule has 2 aromatic rings. The zero-order valence-corrected chi connectivity index (χ0v) is 11.7. The van der Waals surface area contributed by atoms with Crippen molar-refractivity contribution in [3.05, 3.63) is 41.0 Å². The zero-order chi connectivity index (χ0) is 13.8. The van der Waals surface area contributed by atoms with Gasteiger partial charge in [0.25, 0.3) is 0 Å². The predicted octanol–water partition coefficient (Wildman–Crippen LogP) is 2.44. The van der Waals surface area contributed by atoms with Gasteiger partial charge in [0.1, 0.15) is 5.82 Å². The summed E-state index contributed by atoms with van der Waals surface area (Å²) in [5.74, 6) is 0.760. The van der Waals surface area contributed by atoms with E-state index in [4.69, 9.17) is 5.73 Å². The van der Waals surface area contributed by atoms with Crippen molar-refractivity contribution in [2.45, 2.75) is 20.8 Å². The Hall–Kier alpha value is -1.94. The molecule has 0 atom stereocenters. The van der Waals surface area contributed by atoms with Crippen LogP contribution < -0.4 is 11.1 Å². The van der Waals surface area contributed by atoms with Crippen molar-refractivity contribution >= 4 is 5.82 Å². The number of hydrogen-bond acceptors (Lipinski definition) is 4. The molecule has 1 aromatic heterocycles. The molecule has 1 heterocycles. The van der Waals surface area contributed by atoms with Crippen molar-refractivity contribution in [2.75, 3.05) is 18.4 Å². The average Bonchev–Trinajstić information content (AvgIpc) is 2.41. The minimum Gasteiger partial charge on any atom is -0.367 e. The van der Waals surface area contributed by atoms with Crippen LogP contribution in [0.3, 0.4) is 0 Å². The van der Waals surface area contributed by atoms with Crippen LogP contribution in [0.1, 0.15) is 16.7 Å². The molecule has 2 rings (SSSR count). The summed E-state index contributed by atoms with van der Waals surface area (Å²) >= 11 is 0. The highest BCUT2D eigenvalue weighted by Crippen LogP contribution is 2.24. The van der Waals surface area contributed by atoms with E-state index in [0.29, 0.717) is 13.1 Å². The van der Waals surface area contributed by atoms with E-state index in [1.807, 2.05) is 12.1 Å². The van der Waals surface area contributed by atoms with Crippen LogP contribution in [-0.2, 0) is 0 Å². The molecule has 100 valence electrons. The van der Waals surface area contributed by atoms with Crippen LogP contribution in [-0.4, -0.2) is 23.3 Å². The Labute approximate surface area is 114 Å². The van der Waals surface area contributed by atoms with Crippen molar-refractivity contribution in [3.8, 4) is 11.3 Å². The van der Waals surface area contributed by atoms with Crippen molar-refractivity contribution in [1.29, 1.82) is 0 Å². The predicted molar refractivity (Wildman–Crippen MR) is 79.2 cm³/mol. The number of aryl methyl sites for hydroxylation is 3. The van der Waals surface area contributed by atoms with Crippen LogP contribution in [0.5, 0.6) is 0 Å². The van der Waals surface area contributed by atoms with E-state index in [0.717, 1.165) is 17.1 Å². The summed E-state index contributed by atoms with van der Waals surface area (Å²) in [7, 11) is 0. The van der Waals surface area contributed by atoms with E-state index in [1.54, 1.807) is 0 Å². The maximum atomic E-state index is 5.44. The molecular formula is C15H20N4. The molecular weight excluding hydrogens is 236 g/mol. The van der Waals surface area contributed by atoms with Crippen molar-refractivity contribution < 1.29 is 0 Å². The number of nitrogens with one attached hydrogen (secondary N) is 1. The molecule has 0 spiro atoms. The number of benzene rings is 1. The summed E-state index contributed by atoms with van der Waals surface area (Å²) in [6, 6.07) is 8.28. The van der Waals surface area contributed by atoms with Gasteiger partial charge in [-0.2, -0.15) is 0 Å². The van der Waals surface area contributed by atoms with Crippen molar-refractivity contribution in [1.82, 2.24) is 10.2 Å². The fraction of sp³-hybridized carbons (Fsp3) is 0.333. The lowest BCUT2D eigenvalue weighted by Crippen LogP contribution is -2.14. The van der Waals surface area contributed by atoms with E-state index in [-0.39, 0.29) is 0 Å². The van der Waals surface area contributed by atoms with Crippen molar-refractivity contribution in [3.63, 3.8) is 0 Å². The third-order valence-electron chi connectivity index (χ3n) is 3.23. The van der Waals surface area contributed by atoms with Crippen LogP contribution >= 0.6 is 0 Å². The standard InChI is InChI=1S/C15H20N4/c1-10-8-12(3)13(9-11(10)2)14-4-5-15(19-18-14)17-7-6-16/h4-5,8-9H,6-7,16H2,1-3H3,(H,17,19). The topological polar surface area (TPSA) is 63.8 Å². The molecule has 0 aliphatic heterocycles. The first-order valence-corrected chi connectivity index (χ1v) is 6.47. The first-order valence-electron chi connectivity index (χ1n) is 6.47. The second-order valence-electron chi connectivity index (χ2n) is 4.77. The van der Waals surface area contributed by atoms with Crippen LogP contribution in [0.4, 0.5) is 5.82 Å². The van der Waals surface area contributed by atoms with E-state index in [2.05, 4.69) is 48.4 Å². The molecule has 3 N–H and O–H groups in total. The Morgan fingerprint density at radius 3 is 2.37 bits per heavy atom. The Balaban J connectivity index is 2.29. The van der Waals surface area contributed by atoms with Crippen LogP contribution in [0.25, 0.3) is 11.3 Å². The molecule has 0 amide bonds. The van der Waals surface area contributed by atoms with Gasteiger partial charge in [0.05, 0.1) is 5.69 Å². The van der Waals surface area contributed by atoms with Gasteiger partial charge in [-0.15, -0.1) is 10.2 Å². The molecule has 0 aliphatic carbocycles. The summed E-state index contributed by atoms with van der Waals surface area (Å²) < 4.78 is 0. The lowest BCUT2D eigenvalue weighted by molar-refractivity contribution is 0.973. The number of hydrogen-bond donors (Lipinski definition) is 2. The van der Waals surface area contributed by atoms with Crippen LogP contribution in [0.15, 0.2) is 24.3 Å². The monoisotopic (exact) mass is 256 g/mol. The summed E-state index contributed by atoms with van der Waals surface area (Å²) in [5, 5.41) is 11.6. The summed E-state index contributed by atoms with van der Waals surface area (Å²) in [6.45, 7) is 7.63. The highest BCUT2D eigenvalue weighted by Gasteiger charge is 2.06. The Morgan fingerprint density at radius 2 is 1.74 bits per heavy atom. The highest BCUT2D eigenvalue weighted by atomic mass is 15.2. The number of anilines is 1. The molecule has 0 unspecified atom stereocenters. The van der Waals surface area contributed by atoms with E-state index >= 15 is 0 Å². The van der Waals surface area contributed by atoms with Gasteiger partial charge < -0.3 is 11.1 Å². The van der Waals surface area contributed by atoms with Crippen LogP contribution in [0, 0.1) is 20.8 Å². The molecule has 4 nitrogen and oxygen atoms in total. The maximum Gasteiger partial charge on any atom is 0.148 e. The van der Waals surface area contributed by atoms with Crippen molar-refractivity contribution in [2.24, 2.45) is 5.73 Å². The lowest BCUT2D eigenvalue weighted by Gasteiger charge is -2.09. The van der Waals surface area contributed by atoms with E-state index in [9.17, 15) is 0 Å². The second-order valence-corrected chi connectivity index (χ2v) is 4.77. The van der Waals surface area contributed by atoms with Gasteiger partial charge in [-0.05, 0) is 55.7 Å². The van der Waals surface area contributed by atoms with Gasteiger partial charge in [0, 0.05) is 18.7 Å². The smallest absolute Gasteiger partial charge is 0.148 e. The average molecular weight is 256 g/mol. The first-order chi connectivity index (χ1) is 9.11. The lowest BCUT2D eigenvalue weighted by atomic mass is 9.99. The normalized spacial score (nSPS) is 10.5. The molecule has 1 aromatic carbocycles. The molecule has 0 bridgehead atoms. The maximum absolute atomic E-state index is 5.44. The SMILES string of the molecule is Cc1cc(C)c(-c2ccc(NCCN)nn2)cc1C. The number of rotatable bonds is 4. The molecule has 0 fully saturated rings. The van der Waals surface area contributed by atoms with Gasteiger partial charge in [0.15, 0.2) is 0 Å². The first kappa shape index (κ1) is 13.5.